The first-order chi connectivity index (χ1) is 7.85. The summed E-state index contributed by atoms with van der Waals surface area (Å²) < 4.78 is 32.1. The lowest BCUT2D eigenvalue weighted by Crippen LogP contribution is -2.23. The molecule has 0 radical (unpaired) electrons. The lowest BCUT2D eigenvalue weighted by molar-refractivity contribution is 0.0206. The van der Waals surface area contributed by atoms with E-state index < -0.39 is 11.6 Å². The van der Waals surface area contributed by atoms with Gasteiger partial charge in [0.15, 0.2) is 0 Å². The number of anilines is 1. The Labute approximate surface area is 105 Å². The van der Waals surface area contributed by atoms with E-state index in [9.17, 15) is 8.78 Å². The predicted molar refractivity (Wildman–Crippen MR) is 67.2 cm³/mol. The molecule has 0 amide bonds. The van der Waals surface area contributed by atoms with Gasteiger partial charge in [0.1, 0.15) is 11.6 Å². The Morgan fingerprint density at radius 2 is 1.82 bits per heavy atom. The molecule has 17 heavy (non-hydrogen) atoms. The van der Waals surface area contributed by atoms with Crippen molar-refractivity contribution in [2.75, 3.05) is 18.6 Å². The second-order valence-electron chi connectivity index (χ2n) is 4.38. The molecule has 0 aliphatic carbocycles. The zero-order chi connectivity index (χ0) is 13.1. The van der Waals surface area contributed by atoms with E-state index in [-0.39, 0.29) is 16.2 Å². The average molecular weight is 261 g/mol. The number of thioether (sulfide) groups is 1. The predicted octanol–water partition coefficient (Wildman–Crippen LogP) is 3.45. The molecule has 2 N–H and O–H groups in total. The van der Waals surface area contributed by atoms with E-state index in [1.54, 1.807) is 7.11 Å². The van der Waals surface area contributed by atoms with Gasteiger partial charge < -0.3 is 10.5 Å². The number of nitrogens with two attached hydrogens (primary N) is 1. The van der Waals surface area contributed by atoms with Crippen molar-refractivity contribution < 1.29 is 13.5 Å². The van der Waals surface area contributed by atoms with Crippen molar-refractivity contribution in [3.8, 4) is 0 Å². The monoisotopic (exact) mass is 261 g/mol. The second-order valence-corrected chi connectivity index (χ2v) is 5.48. The molecule has 0 atom stereocenters. The Hall–Kier alpha value is -0.810. The fraction of sp³-hybridized carbons (Fsp3) is 0.500. The van der Waals surface area contributed by atoms with Crippen LogP contribution in [0.5, 0.6) is 0 Å². The van der Waals surface area contributed by atoms with Crippen molar-refractivity contribution in [3.05, 3.63) is 23.8 Å². The molecule has 0 saturated carbocycles. The van der Waals surface area contributed by atoms with Gasteiger partial charge in [0.25, 0.3) is 0 Å². The highest BCUT2D eigenvalue weighted by Crippen LogP contribution is 2.29. The molecule has 1 rings (SSSR count). The molecule has 1 aromatic carbocycles. The number of hydrogen-bond acceptors (Lipinski definition) is 3. The van der Waals surface area contributed by atoms with Crippen LogP contribution in [0, 0.1) is 11.6 Å². The number of benzene rings is 1. The minimum absolute atomic E-state index is 0.0195. The van der Waals surface area contributed by atoms with Gasteiger partial charge in [-0.1, -0.05) is 0 Å². The standard InChI is InChI=1S/C12H17F2NOS/c1-12(2,16-3)4-5-17-11-9(13)6-8(15)7-10(11)14/h6-7H,4-5,15H2,1-3H3. The molecule has 0 aromatic heterocycles. The quantitative estimate of drug-likeness (QED) is 0.651. The molecular formula is C12H17F2NOS. The van der Waals surface area contributed by atoms with Crippen molar-refractivity contribution in [1.82, 2.24) is 0 Å². The largest absolute Gasteiger partial charge is 0.399 e. The Morgan fingerprint density at radius 1 is 1.29 bits per heavy atom. The lowest BCUT2D eigenvalue weighted by atomic mass is 10.1. The summed E-state index contributed by atoms with van der Waals surface area (Å²) >= 11 is 1.14. The Balaban J connectivity index is 2.64. The van der Waals surface area contributed by atoms with Crippen molar-refractivity contribution in [1.29, 1.82) is 0 Å². The van der Waals surface area contributed by atoms with Gasteiger partial charge in [0.2, 0.25) is 0 Å². The van der Waals surface area contributed by atoms with Crippen LogP contribution in [-0.4, -0.2) is 18.5 Å². The van der Waals surface area contributed by atoms with Gasteiger partial charge in [-0.25, -0.2) is 8.78 Å². The van der Waals surface area contributed by atoms with Gasteiger partial charge in [-0.2, -0.15) is 0 Å². The smallest absolute Gasteiger partial charge is 0.141 e. The topological polar surface area (TPSA) is 35.2 Å². The Bertz CT molecular complexity index is 373. The first-order valence-corrected chi connectivity index (χ1v) is 6.27. The minimum atomic E-state index is -0.609. The van der Waals surface area contributed by atoms with Gasteiger partial charge in [-0.05, 0) is 32.4 Å². The molecule has 0 spiro atoms. The molecule has 2 nitrogen and oxygen atoms in total. The highest BCUT2D eigenvalue weighted by atomic mass is 32.2. The van der Waals surface area contributed by atoms with Gasteiger partial charge >= 0.3 is 0 Å². The van der Waals surface area contributed by atoms with Crippen LogP contribution >= 0.6 is 11.8 Å². The first-order valence-electron chi connectivity index (χ1n) is 5.28. The summed E-state index contributed by atoms with van der Waals surface area (Å²) in [5, 5.41) is 0. The van der Waals surface area contributed by atoms with Crippen molar-refractivity contribution in [3.63, 3.8) is 0 Å². The number of hydrogen-bond donors (Lipinski definition) is 1. The fourth-order valence-electron chi connectivity index (χ4n) is 1.22. The molecule has 0 aliphatic rings. The van der Waals surface area contributed by atoms with Crippen LogP contribution in [0.25, 0.3) is 0 Å². The molecule has 5 heteroatoms. The molecule has 0 bridgehead atoms. The van der Waals surface area contributed by atoms with E-state index in [0.29, 0.717) is 12.2 Å². The molecule has 1 aromatic rings. The summed E-state index contributed by atoms with van der Waals surface area (Å²) in [5.74, 6) is -0.635. The van der Waals surface area contributed by atoms with Crippen LogP contribution in [0.1, 0.15) is 20.3 Å². The van der Waals surface area contributed by atoms with E-state index in [2.05, 4.69) is 0 Å². The average Bonchev–Trinajstić information content (AvgIpc) is 2.22. The van der Waals surface area contributed by atoms with Gasteiger partial charge in [-0.3, -0.25) is 0 Å². The van der Waals surface area contributed by atoms with Crippen LogP contribution in [0.2, 0.25) is 0 Å². The summed E-state index contributed by atoms with van der Waals surface area (Å²) in [7, 11) is 1.62. The second kappa shape index (κ2) is 5.69. The number of ether oxygens (including phenoxy) is 1. The van der Waals surface area contributed by atoms with Crippen LogP contribution in [0.15, 0.2) is 17.0 Å². The van der Waals surface area contributed by atoms with Crippen molar-refractivity contribution in [2.24, 2.45) is 0 Å². The number of methoxy groups -OCH3 is 1. The number of rotatable bonds is 5. The van der Waals surface area contributed by atoms with Crippen LogP contribution in [0.3, 0.4) is 0 Å². The van der Waals surface area contributed by atoms with E-state index in [4.69, 9.17) is 10.5 Å². The third-order valence-electron chi connectivity index (χ3n) is 2.52. The zero-order valence-corrected chi connectivity index (χ0v) is 11.0. The van der Waals surface area contributed by atoms with Crippen LogP contribution < -0.4 is 5.73 Å². The summed E-state index contributed by atoms with van der Waals surface area (Å²) in [6.07, 6.45) is 0.706. The highest BCUT2D eigenvalue weighted by Gasteiger charge is 2.17. The van der Waals surface area contributed by atoms with Crippen LogP contribution in [-0.2, 0) is 4.74 Å². The lowest BCUT2D eigenvalue weighted by Gasteiger charge is -2.22. The summed E-state index contributed by atoms with van der Waals surface area (Å²) in [6, 6.07) is 2.26. The number of nitrogen functional groups attached to an aromatic ring is 1. The third-order valence-corrected chi connectivity index (χ3v) is 3.61. The first kappa shape index (κ1) is 14.3. The number of halogens is 2. The zero-order valence-electron chi connectivity index (χ0n) is 10.2. The maximum atomic E-state index is 13.4. The molecule has 96 valence electrons. The summed E-state index contributed by atoms with van der Waals surface area (Å²) in [4.78, 5) is 0.0195. The van der Waals surface area contributed by atoms with E-state index >= 15 is 0 Å². The van der Waals surface area contributed by atoms with Gasteiger partial charge in [0.05, 0.1) is 10.5 Å². The van der Waals surface area contributed by atoms with Crippen molar-refractivity contribution in [2.45, 2.75) is 30.8 Å². The minimum Gasteiger partial charge on any atom is -0.399 e. The van der Waals surface area contributed by atoms with Gasteiger partial charge in [-0.15, -0.1) is 11.8 Å². The van der Waals surface area contributed by atoms with E-state index in [1.165, 1.54) is 0 Å². The molecule has 0 aliphatic heterocycles. The van der Waals surface area contributed by atoms with Crippen molar-refractivity contribution >= 4 is 17.4 Å². The third kappa shape index (κ3) is 4.16. The summed E-state index contributed by atoms with van der Waals surface area (Å²) in [6.45, 7) is 3.87. The maximum Gasteiger partial charge on any atom is 0.141 e. The molecular weight excluding hydrogens is 244 g/mol. The fourth-order valence-corrected chi connectivity index (χ4v) is 2.41. The van der Waals surface area contributed by atoms with E-state index in [1.807, 2.05) is 13.8 Å². The SMILES string of the molecule is COC(C)(C)CCSc1c(F)cc(N)cc1F. The summed E-state index contributed by atoms with van der Waals surface area (Å²) in [5.41, 5.74) is 5.15. The van der Waals surface area contributed by atoms with E-state index in [0.717, 1.165) is 23.9 Å². The maximum absolute atomic E-state index is 13.4. The van der Waals surface area contributed by atoms with Gasteiger partial charge in [0, 0.05) is 18.6 Å². The molecule has 0 saturated heterocycles. The molecule has 0 fully saturated rings. The Kier molecular flexibility index (Phi) is 4.77. The molecule has 0 heterocycles. The highest BCUT2D eigenvalue weighted by molar-refractivity contribution is 7.99. The Morgan fingerprint density at radius 3 is 2.29 bits per heavy atom. The normalized spacial score (nSPS) is 11.8. The van der Waals surface area contributed by atoms with Crippen LogP contribution in [0.4, 0.5) is 14.5 Å². The molecule has 0 unspecified atom stereocenters.